The highest BCUT2D eigenvalue weighted by molar-refractivity contribution is 6.38. The molecule has 248 valence electrons. The third-order valence-corrected chi connectivity index (χ3v) is 9.15. The highest BCUT2D eigenvalue weighted by Gasteiger charge is 2.28. The molecule has 2 aliphatic rings. The number of fused-ring (bicyclic) bond motifs is 1. The van der Waals surface area contributed by atoms with Gasteiger partial charge in [-0.15, -0.1) is 5.10 Å². The van der Waals surface area contributed by atoms with Gasteiger partial charge in [-0.1, -0.05) is 42.7 Å². The van der Waals surface area contributed by atoms with Crippen molar-refractivity contribution in [2.75, 3.05) is 40.3 Å². The smallest absolute Gasteiger partial charge is 0.309 e. The van der Waals surface area contributed by atoms with Gasteiger partial charge in [-0.2, -0.15) is 0 Å². The fourth-order valence-corrected chi connectivity index (χ4v) is 6.15. The van der Waals surface area contributed by atoms with Crippen LogP contribution in [0.4, 0.5) is 0 Å². The molecule has 11 heteroatoms. The zero-order valence-corrected chi connectivity index (χ0v) is 28.1. The normalized spacial score (nSPS) is 25.8. The Morgan fingerprint density at radius 2 is 1.83 bits per heavy atom. The van der Waals surface area contributed by atoms with Crippen molar-refractivity contribution in [2.24, 2.45) is 11.8 Å². The molecule has 0 aliphatic carbocycles. The number of ether oxygens (including phenoxy) is 3. The molecule has 2 aromatic carbocycles. The van der Waals surface area contributed by atoms with E-state index in [-0.39, 0.29) is 24.4 Å². The maximum absolute atomic E-state index is 13.0. The van der Waals surface area contributed by atoms with Crippen LogP contribution in [0, 0.1) is 11.8 Å². The second-order valence-corrected chi connectivity index (χ2v) is 12.9. The van der Waals surface area contributed by atoms with Gasteiger partial charge in [0, 0.05) is 32.1 Å². The van der Waals surface area contributed by atoms with Gasteiger partial charge >= 0.3 is 5.97 Å². The van der Waals surface area contributed by atoms with Gasteiger partial charge < -0.3 is 29.1 Å². The minimum atomic E-state index is -0.803. The molecule has 5 rings (SSSR count). The van der Waals surface area contributed by atoms with Crippen LogP contribution in [0.15, 0.2) is 66.6 Å². The Morgan fingerprint density at radius 3 is 2.53 bits per heavy atom. The predicted octanol–water partition coefficient (Wildman–Crippen LogP) is 4.02. The summed E-state index contributed by atoms with van der Waals surface area (Å²) in [5.41, 5.74) is 4.30. The monoisotopic (exact) mass is 639 g/mol. The first-order chi connectivity index (χ1) is 22.5. The minimum absolute atomic E-state index is 0.0713. The number of aliphatic hydroxyl groups is 1. The molecule has 10 nitrogen and oxygen atoms in total. The zero-order valence-electron chi connectivity index (χ0n) is 28.1. The van der Waals surface area contributed by atoms with Gasteiger partial charge in [0.1, 0.15) is 31.3 Å². The van der Waals surface area contributed by atoms with E-state index < -0.39 is 18.2 Å². The van der Waals surface area contributed by atoms with Crippen molar-refractivity contribution < 1.29 is 24.1 Å². The molecular formula is C36H46BN5O5. The number of aromatic nitrogens is 3. The van der Waals surface area contributed by atoms with Crippen LogP contribution in [0.25, 0.3) is 22.8 Å². The number of likely N-dealkylation sites (N-methyl/N-ethyl adjacent to an activating group) is 1. The molecule has 3 aromatic rings. The number of hydrogen-bond acceptors (Lipinski definition) is 9. The highest BCUT2D eigenvalue weighted by atomic mass is 16.5. The highest BCUT2D eigenvalue weighted by Crippen LogP contribution is 2.27. The third-order valence-electron chi connectivity index (χ3n) is 9.15. The molecule has 0 saturated carbocycles. The summed E-state index contributed by atoms with van der Waals surface area (Å²) < 4.78 is 19.5. The van der Waals surface area contributed by atoms with Crippen molar-refractivity contribution in [2.45, 2.75) is 58.3 Å². The fourth-order valence-electron chi connectivity index (χ4n) is 6.15. The summed E-state index contributed by atoms with van der Waals surface area (Å²) in [6, 6.07) is 11.3. The first-order valence-corrected chi connectivity index (χ1v) is 16.3. The van der Waals surface area contributed by atoms with Crippen molar-refractivity contribution in [1.29, 1.82) is 0 Å². The summed E-state index contributed by atoms with van der Waals surface area (Å²) >= 11 is 0. The Labute approximate surface area is 279 Å². The Kier molecular flexibility index (Phi) is 11.1. The van der Waals surface area contributed by atoms with Gasteiger partial charge in [0.05, 0.1) is 30.8 Å². The maximum Gasteiger partial charge on any atom is 0.309 e. The lowest BCUT2D eigenvalue weighted by Gasteiger charge is -2.36. The van der Waals surface area contributed by atoms with Crippen molar-refractivity contribution >= 4 is 36.4 Å². The first-order valence-electron chi connectivity index (χ1n) is 16.3. The largest absolute Gasteiger partial charge is 0.497 e. The molecule has 2 aliphatic heterocycles. The lowest BCUT2D eigenvalue weighted by molar-refractivity contribution is -0.151. The van der Waals surface area contributed by atoms with Crippen molar-refractivity contribution in [1.82, 2.24) is 24.8 Å². The first kappa shape index (κ1) is 34.3. The number of hydrogen-bond donors (Lipinski definition) is 1. The lowest BCUT2D eigenvalue weighted by atomic mass is 9.90. The molecule has 0 amide bonds. The van der Waals surface area contributed by atoms with Crippen LogP contribution in [0.5, 0.6) is 5.75 Å². The van der Waals surface area contributed by atoms with Crippen LogP contribution < -0.4 is 10.2 Å². The quantitative estimate of drug-likeness (QED) is 0.178. The average Bonchev–Trinajstić information content (AvgIpc) is 3.48. The number of cyclic esters (lactones) is 1. The summed E-state index contributed by atoms with van der Waals surface area (Å²) in [6.07, 6.45) is 5.55. The number of carbonyl (C=O) groups excluding carboxylic acids is 1. The molecule has 1 aromatic heterocycles. The van der Waals surface area contributed by atoms with Crippen molar-refractivity contribution in [3.63, 3.8) is 0 Å². The van der Waals surface area contributed by atoms with Gasteiger partial charge in [-0.25, -0.2) is 4.68 Å². The Morgan fingerprint density at radius 1 is 1.11 bits per heavy atom. The molecule has 1 saturated heterocycles. The number of carbonyl (C=O) groups is 1. The number of piperazine rings is 1. The van der Waals surface area contributed by atoms with Crippen LogP contribution in [0.3, 0.4) is 0 Å². The number of aliphatic hydroxyl groups excluding tert-OH is 1. The zero-order chi connectivity index (χ0) is 33.7. The summed E-state index contributed by atoms with van der Waals surface area (Å²) in [6.45, 7) is 14.0. The molecule has 3 heterocycles. The van der Waals surface area contributed by atoms with E-state index >= 15 is 0 Å². The van der Waals surface area contributed by atoms with Crippen LogP contribution >= 0.6 is 0 Å². The predicted molar refractivity (Wildman–Crippen MR) is 185 cm³/mol. The summed E-state index contributed by atoms with van der Waals surface area (Å²) in [5.74, 6) is 0.884. The second kappa shape index (κ2) is 15.2. The van der Waals surface area contributed by atoms with E-state index in [9.17, 15) is 9.90 Å². The van der Waals surface area contributed by atoms with E-state index in [1.807, 2.05) is 56.3 Å². The molecule has 47 heavy (non-hydrogen) atoms. The Hall–Kier alpha value is -4.09. The lowest BCUT2D eigenvalue weighted by Crippen LogP contribution is -2.44. The summed E-state index contributed by atoms with van der Waals surface area (Å²) in [5, 5.41) is 19.4. The van der Waals surface area contributed by atoms with Crippen molar-refractivity contribution in [3.8, 4) is 11.4 Å². The number of esters is 1. The van der Waals surface area contributed by atoms with E-state index in [4.69, 9.17) is 22.1 Å². The molecule has 5 atom stereocenters. The number of methoxy groups -OCH3 is 1. The van der Waals surface area contributed by atoms with E-state index in [1.54, 1.807) is 11.8 Å². The van der Waals surface area contributed by atoms with Gasteiger partial charge in [0.15, 0.2) is 5.88 Å². The van der Waals surface area contributed by atoms with E-state index in [2.05, 4.69) is 52.8 Å². The van der Waals surface area contributed by atoms with Gasteiger partial charge in [0.2, 0.25) is 0 Å². The number of nitrogens with zero attached hydrogens (tertiary/aromatic N) is 5. The van der Waals surface area contributed by atoms with Crippen LogP contribution in [-0.2, 0) is 14.3 Å². The van der Waals surface area contributed by atoms with Crippen molar-refractivity contribution in [3.05, 3.63) is 72.1 Å². The minimum Gasteiger partial charge on any atom is -0.497 e. The molecule has 0 bridgehead atoms. The third kappa shape index (κ3) is 8.45. The molecule has 1 fully saturated rings. The van der Waals surface area contributed by atoms with Crippen LogP contribution in [0.2, 0.25) is 0 Å². The Bertz CT molecular complexity index is 1610. The van der Waals surface area contributed by atoms with E-state index in [0.29, 0.717) is 29.7 Å². The SMILES string of the molecule is [B]c1cc(/C=C(\C)[C@H]2OC(=O)CC(O)CCC(C)[C@@H](OC(=C)N3CCN(C)CC3)/C=C/C2C)cc2c1nnn2-c1ccc(OC)cc1. The standard InChI is InChI=1S/C36H46BN5O5/c1-23-7-11-29(43)22-34(44)47-36(24(2)8-14-33(23)46-26(4)41-17-15-40(5)16-18-41)25(3)19-27-20-31(37)35-32(21-27)42(39-38-35)28-9-12-30(45-6)13-10-28/h8-10,12-14,19-21,23-24,29,33,36,43H,4,7,11,15-18,22H2,1-3,5-6H3/b14-8+,25-19+/t23?,24?,29?,33-,36-/m0/s1. The molecule has 1 N–H and O–H groups in total. The van der Waals surface area contributed by atoms with Crippen LogP contribution in [0.1, 0.15) is 45.6 Å². The number of benzene rings is 2. The van der Waals surface area contributed by atoms with Crippen LogP contribution in [-0.4, -0.2) is 102 Å². The molecule has 3 unspecified atom stereocenters. The van der Waals surface area contributed by atoms with Gasteiger partial charge in [-0.05, 0) is 86.9 Å². The van der Waals surface area contributed by atoms with E-state index in [0.717, 1.165) is 54.3 Å². The van der Waals surface area contributed by atoms with Gasteiger partial charge in [0.25, 0.3) is 0 Å². The Balaban J connectivity index is 1.42. The topological polar surface area (TPSA) is 102 Å². The van der Waals surface area contributed by atoms with E-state index in [1.165, 1.54) is 0 Å². The second-order valence-electron chi connectivity index (χ2n) is 12.9. The van der Waals surface area contributed by atoms with Gasteiger partial charge in [-0.3, -0.25) is 4.79 Å². The summed E-state index contributed by atoms with van der Waals surface area (Å²) in [4.78, 5) is 17.5. The molecule has 2 radical (unpaired) electrons. The maximum atomic E-state index is 13.0. The summed E-state index contributed by atoms with van der Waals surface area (Å²) in [7, 11) is 10.2. The average molecular weight is 640 g/mol. The molecular weight excluding hydrogens is 593 g/mol. The molecule has 0 spiro atoms. The number of rotatable bonds is 7. The fraction of sp³-hybridized carbons (Fsp3) is 0.472.